The number of aromatic nitrogens is 2. The third-order valence-electron chi connectivity index (χ3n) is 4.91. The smallest absolute Gasteiger partial charge is 0.261 e. The van der Waals surface area contributed by atoms with Crippen LogP contribution < -0.4 is 10.9 Å². The van der Waals surface area contributed by atoms with E-state index < -0.39 is 0 Å². The number of carbonyl (C=O) groups is 1. The van der Waals surface area contributed by atoms with Gasteiger partial charge in [0.2, 0.25) is 11.8 Å². The van der Waals surface area contributed by atoms with Crippen molar-refractivity contribution in [1.29, 1.82) is 0 Å². The third-order valence-corrected chi connectivity index (χ3v) is 6.11. The monoisotopic (exact) mass is 421 g/mol. The van der Waals surface area contributed by atoms with Crippen molar-refractivity contribution in [3.63, 3.8) is 0 Å². The van der Waals surface area contributed by atoms with Crippen molar-refractivity contribution in [2.45, 2.75) is 56.6 Å². The summed E-state index contributed by atoms with van der Waals surface area (Å²) in [5.41, 5.74) is 0.792. The SMILES string of the molecule is CCc1c(O)nc(SCC(=O)Nc2ccc(Cl)cc2)n(C2CCCCC2)c1=O. The second kappa shape index (κ2) is 9.47. The standard InChI is InChI=1S/C20H24ClN3O3S/c1-2-16-18(26)23-20(24(19(16)27)15-6-4-3-5-7-15)28-12-17(25)22-14-10-8-13(21)9-11-14/h8-11,15,26H,2-7,12H2,1H3,(H,22,25). The number of halogens is 1. The Kier molecular flexibility index (Phi) is 7.02. The van der Waals surface area contributed by atoms with Crippen molar-refractivity contribution in [3.05, 3.63) is 45.2 Å². The van der Waals surface area contributed by atoms with Crippen molar-refractivity contribution < 1.29 is 9.90 Å². The molecule has 0 atom stereocenters. The maximum absolute atomic E-state index is 12.9. The average molecular weight is 422 g/mol. The lowest BCUT2D eigenvalue weighted by Gasteiger charge is -2.26. The molecule has 1 fully saturated rings. The molecule has 1 aliphatic rings. The van der Waals surface area contributed by atoms with Crippen LogP contribution in [-0.4, -0.2) is 26.3 Å². The van der Waals surface area contributed by atoms with Crippen molar-refractivity contribution in [1.82, 2.24) is 9.55 Å². The highest BCUT2D eigenvalue weighted by molar-refractivity contribution is 7.99. The van der Waals surface area contributed by atoms with Gasteiger partial charge in [-0.3, -0.25) is 14.2 Å². The molecule has 8 heteroatoms. The molecule has 1 heterocycles. The maximum atomic E-state index is 12.9. The fourth-order valence-electron chi connectivity index (χ4n) is 3.47. The third kappa shape index (κ3) is 4.89. The average Bonchev–Trinajstić information content (AvgIpc) is 2.69. The van der Waals surface area contributed by atoms with E-state index >= 15 is 0 Å². The Labute approximate surface area is 173 Å². The Balaban J connectivity index is 1.79. The first-order valence-electron chi connectivity index (χ1n) is 9.52. The van der Waals surface area contributed by atoms with Gasteiger partial charge < -0.3 is 10.4 Å². The van der Waals surface area contributed by atoms with E-state index in [0.29, 0.717) is 27.9 Å². The van der Waals surface area contributed by atoms with E-state index in [1.165, 1.54) is 18.2 Å². The zero-order valence-corrected chi connectivity index (χ0v) is 17.4. The Bertz CT molecular complexity index is 893. The molecule has 150 valence electrons. The second-order valence-corrected chi connectivity index (χ2v) is 8.24. The lowest BCUT2D eigenvalue weighted by atomic mass is 9.95. The molecule has 6 nitrogen and oxygen atoms in total. The Morgan fingerprint density at radius 1 is 1.29 bits per heavy atom. The van der Waals surface area contributed by atoms with Gasteiger partial charge in [0.25, 0.3) is 5.56 Å². The number of anilines is 1. The molecule has 28 heavy (non-hydrogen) atoms. The maximum Gasteiger partial charge on any atom is 0.261 e. The van der Waals surface area contributed by atoms with Gasteiger partial charge in [-0.05, 0) is 43.5 Å². The lowest BCUT2D eigenvalue weighted by Crippen LogP contribution is -2.31. The minimum absolute atomic E-state index is 0.0708. The van der Waals surface area contributed by atoms with Crippen LogP contribution in [-0.2, 0) is 11.2 Å². The van der Waals surface area contributed by atoms with Gasteiger partial charge in [0.05, 0.1) is 11.3 Å². The predicted octanol–water partition coefficient (Wildman–Crippen LogP) is 4.40. The normalized spacial score (nSPS) is 14.8. The van der Waals surface area contributed by atoms with Crippen LogP contribution in [0, 0.1) is 0 Å². The summed E-state index contributed by atoms with van der Waals surface area (Å²) in [6, 6.07) is 6.93. The number of hydrogen-bond acceptors (Lipinski definition) is 5. The number of nitrogens with one attached hydrogen (secondary N) is 1. The van der Waals surface area contributed by atoms with Crippen LogP contribution in [0.2, 0.25) is 5.02 Å². The van der Waals surface area contributed by atoms with Crippen LogP contribution in [0.4, 0.5) is 5.69 Å². The van der Waals surface area contributed by atoms with Gasteiger partial charge >= 0.3 is 0 Å². The molecule has 3 rings (SSSR count). The van der Waals surface area contributed by atoms with Gasteiger partial charge in [-0.25, -0.2) is 0 Å². The number of nitrogens with zero attached hydrogens (tertiary/aromatic N) is 2. The Morgan fingerprint density at radius 3 is 2.61 bits per heavy atom. The highest BCUT2D eigenvalue weighted by Gasteiger charge is 2.24. The summed E-state index contributed by atoms with van der Waals surface area (Å²) in [6.45, 7) is 1.83. The number of thioether (sulfide) groups is 1. The molecule has 0 bridgehead atoms. The zero-order valence-electron chi connectivity index (χ0n) is 15.8. The summed E-state index contributed by atoms with van der Waals surface area (Å²) < 4.78 is 1.69. The van der Waals surface area contributed by atoms with E-state index in [2.05, 4.69) is 10.3 Å². The molecular weight excluding hydrogens is 398 g/mol. The first-order valence-corrected chi connectivity index (χ1v) is 10.9. The zero-order chi connectivity index (χ0) is 20.1. The summed E-state index contributed by atoms with van der Waals surface area (Å²) >= 11 is 7.03. The number of amides is 1. The molecule has 2 aromatic rings. The van der Waals surface area contributed by atoms with Gasteiger partial charge in [-0.2, -0.15) is 4.98 Å². The van der Waals surface area contributed by atoms with E-state index in [1.54, 1.807) is 28.8 Å². The van der Waals surface area contributed by atoms with Crippen LogP contribution in [0.25, 0.3) is 0 Å². The molecule has 2 N–H and O–H groups in total. The van der Waals surface area contributed by atoms with Crippen molar-refractivity contribution >= 4 is 35.0 Å². The van der Waals surface area contributed by atoms with Gasteiger partial charge in [-0.15, -0.1) is 0 Å². The highest BCUT2D eigenvalue weighted by Crippen LogP contribution is 2.31. The quantitative estimate of drug-likeness (QED) is 0.533. The van der Waals surface area contributed by atoms with E-state index in [4.69, 9.17) is 11.6 Å². The minimum Gasteiger partial charge on any atom is -0.493 e. The fraction of sp³-hybridized carbons (Fsp3) is 0.450. The van der Waals surface area contributed by atoms with Gasteiger partial charge in [0.15, 0.2) is 5.16 Å². The first-order chi connectivity index (χ1) is 13.5. The van der Waals surface area contributed by atoms with Crippen LogP contribution >= 0.6 is 23.4 Å². The van der Waals surface area contributed by atoms with E-state index in [-0.39, 0.29) is 29.1 Å². The minimum atomic E-state index is -0.236. The Hall–Kier alpha value is -1.99. The molecule has 0 saturated heterocycles. The van der Waals surface area contributed by atoms with Gasteiger partial charge in [0.1, 0.15) is 0 Å². The summed E-state index contributed by atoms with van der Waals surface area (Å²) in [5.74, 6) is -0.358. The molecule has 0 unspecified atom stereocenters. The summed E-state index contributed by atoms with van der Waals surface area (Å²) in [5, 5.41) is 14.0. The first kappa shape index (κ1) is 20.7. The van der Waals surface area contributed by atoms with E-state index in [9.17, 15) is 14.7 Å². The van der Waals surface area contributed by atoms with Crippen LogP contribution in [0.3, 0.4) is 0 Å². The van der Waals surface area contributed by atoms with E-state index in [1.807, 2.05) is 6.92 Å². The number of benzene rings is 1. The summed E-state index contributed by atoms with van der Waals surface area (Å²) in [6.07, 6.45) is 5.57. The number of aromatic hydroxyl groups is 1. The molecule has 0 spiro atoms. The summed E-state index contributed by atoms with van der Waals surface area (Å²) in [4.78, 5) is 29.5. The number of rotatable bonds is 6. The number of hydrogen-bond donors (Lipinski definition) is 2. The van der Waals surface area contributed by atoms with Crippen molar-refractivity contribution in [2.24, 2.45) is 0 Å². The van der Waals surface area contributed by atoms with Crippen LogP contribution in [0.5, 0.6) is 5.88 Å². The van der Waals surface area contributed by atoms with Gasteiger partial charge in [0, 0.05) is 16.8 Å². The van der Waals surface area contributed by atoms with Crippen LogP contribution in [0.15, 0.2) is 34.2 Å². The highest BCUT2D eigenvalue weighted by atomic mass is 35.5. The molecule has 0 radical (unpaired) electrons. The van der Waals surface area contributed by atoms with Gasteiger partial charge in [-0.1, -0.05) is 49.5 Å². The van der Waals surface area contributed by atoms with E-state index in [0.717, 1.165) is 25.7 Å². The molecule has 1 aromatic carbocycles. The number of carbonyl (C=O) groups excluding carboxylic acids is 1. The molecular formula is C20H24ClN3O3S. The topological polar surface area (TPSA) is 84.2 Å². The van der Waals surface area contributed by atoms with Crippen molar-refractivity contribution in [2.75, 3.05) is 11.1 Å². The molecule has 1 saturated carbocycles. The fourth-order valence-corrected chi connectivity index (χ4v) is 4.45. The lowest BCUT2D eigenvalue weighted by molar-refractivity contribution is -0.113. The van der Waals surface area contributed by atoms with Crippen molar-refractivity contribution in [3.8, 4) is 5.88 Å². The summed E-state index contributed by atoms with van der Waals surface area (Å²) in [7, 11) is 0. The molecule has 1 amide bonds. The Morgan fingerprint density at radius 2 is 1.96 bits per heavy atom. The predicted molar refractivity (Wildman–Crippen MR) is 112 cm³/mol. The largest absolute Gasteiger partial charge is 0.493 e. The van der Waals surface area contributed by atoms with Crippen LogP contribution in [0.1, 0.15) is 50.6 Å². The molecule has 1 aromatic heterocycles. The molecule has 0 aliphatic heterocycles. The second-order valence-electron chi connectivity index (χ2n) is 6.86. The molecule has 1 aliphatic carbocycles.